The van der Waals surface area contributed by atoms with E-state index >= 15 is 0 Å². The number of benzene rings is 1. The summed E-state index contributed by atoms with van der Waals surface area (Å²) in [5, 5.41) is 0. The number of nitrogens with zero attached hydrogens (tertiary/aromatic N) is 2. The van der Waals surface area contributed by atoms with E-state index in [2.05, 4.69) is 4.98 Å². The van der Waals surface area contributed by atoms with Crippen LogP contribution >= 0.6 is 0 Å². The molecule has 1 atom stereocenters. The lowest BCUT2D eigenvalue weighted by Crippen LogP contribution is -2.37. The third-order valence-corrected chi connectivity index (χ3v) is 5.12. The second-order valence-electron chi connectivity index (χ2n) is 6.90. The molecule has 1 aromatic heterocycles. The molecule has 1 fully saturated rings. The highest BCUT2D eigenvalue weighted by Gasteiger charge is 2.29. The zero-order valence-electron chi connectivity index (χ0n) is 14.7. The maximum absolute atomic E-state index is 13.3. The van der Waals surface area contributed by atoms with Gasteiger partial charge < -0.3 is 9.64 Å². The minimum Gasteiger partial charge on any atom is -0.376 e. The fraction of sp³-hybridized carbons (Fsp3) is 0.381. The highest BCUT2D eigenvalue weighted by molar-refractivity contribution is 6.05. The quantitative estimate of drug-likeness (QED) is 0.832. The van der Waals surface area contributed by atoms with Gasteiger partial charge in [-0.15, -0.1) is 0 Å². The van der Waals surface area contributed by atoms with E-state index in [-0.39, 0.29) is 17.8 Å². The Morgan fingerprint density at radius 2 is 2.12 bits per heavy atom. The zero-order valence-corrected chi connectivity index (χ0v) is 14.7. The molecular formula is C21H22N2O3. The zero-order chi connectivity index (χ0) is 17.9. The number of ketones is 1. The van der Waals surface area contributed by atoms with Crippen LogP contribution in [0.15, 0.2) is 42.6 Å². The Morgan fingerprint density at radius 1 is 1.19 bits per heavy atom. The summed E-state index contributed by atoms with van der Waals surface area (Å²) >= 11 is 0. The number of ether oxygens (including phenoxy) is 1. The van der Waals surface area contributed by atoms with E-state index < -0.39 is 0 Å². The number of Topliss-reactive ketones (excluding diaryl/α,β-unsaturated/α-hetero) is 1. The second kappa shape index (κ2) is 7.38. The van der Waals surface area contributed by atoms with Gasteiger partial charge in [-0.2, -0.15) is 0 Å². The van der Waals surface area contributed by atoms with Gasteiger partial charge in [0.1, 0.15) is 0 Å². The van der Waals surface area contributed by atoms with Gasteiger partial charge in [0.25, 0.3) is 5.91 Å². The van der Waals surface area contributed by atoms with E-state index in [1.165, 1.54) is 0 Å². The van der Waals surface area contributed by atoms with Crippen LogP contribution in [0.4, 0.5) is 0 Å². The third kappa shape index (κ3) is 3.40. The minimum atomic E-state index is -0.0438. The number of carbonyl (C=O) groups excluding carboxylic acids is 2. The smallest absolute Gasteiger partial charge is 0.254 e. The van der Waals surface area contributed by atoms with Crippen LogP contribution in [0.25, 0.3) is 0 Å². The maximum atomic E-state index is 13.3. The molecule has 0 bridgehead atoms. The fourth-order valence-corrected chi connectivity index (χ4v) is 3.80. The summed E-state index contributed by atoms with van der Waals surface area (Å²) in [6, 6.07) is 11.2. The summed E-state index contributed by atoms with van der Waals surface area (Å²) in [7, 11) is 0. The van der Waals surface area contributed by atoms with Gasteiger partial charge in [-0.1, -0.05) is 18.2 Å². The van der Waals surface area contributed by atoms with E-state index in [0.717, 1.165) is 30.7 Å². The molecule has 2 aliphatic rings. The van der Waals surface area contributed by atoms with Crippen molar-refractivity contribution in [1.82, 2.24) is 9.88 Å². The molecule has 2 aromatic rings. The molecule has 0 spiro atoms. The molecule has 1 aliphatic carbocycles. The maximum Gasteiger partial charge on any atom is 0.254 e. The van der Waals surface area contributed by atoms with Crippen LogP contribution in [-0.4, -0.2) is 40.8 Å². The van der Waals surface area contributed by atoms with Crippen molar-refractivity contribution in [3.8, 4) is 0 Å². The first-order valence-electron chi connectivity index (χ1n) is 9.18. The molecule has 134 valence electrons. The van der Waals surface area contributed by atoms with Crippen molar-refractivity contribution in [3.05, 3.63) is 65.0 Å². The van der Waals surface area contributed by atoms with Crippen LogP contribution in [0, 0.1) is 0 Å². The van der Waals surface area contributed by atoms with Crippen molar-refractivity contribution < 1.29 is 14.3 Å². The molecular weight excluding hydrogens is 328 g/mol. The Kier molecular flexibility index (Phi) is 4.80. The molecule has 4 rings (SSSR count). The lowest BCUT2D eigenvalue weighted by Gasteiger charge is -2.26. The van der Waals surface area contributed by atoms with Gasteiger partial charge in [0.2, 0.25) is 0 Å². The SMILES string of the molecule is O=C1CCc2c1cccc2C(=O)N(Cc1ccccn1)CC1CCCO1. The Bertz CT molecular complexity index is 813. The summed E-state index contributed by atoms with van der Waals surface area (Å²) in [6.07, 6.45) is 4.95. The van der Waals surface area contributed by atoms with Gasteiger partial charge in [-0.25, -0.2) is 0 Å². The first-order chi connectivity index (χ1) is 12.7. The molecule has 1 aromatic carbocycles. The molecule has 5 heteroatoms. The first kappa shape index (κ1) is 16.9. The topological polar surface area (TPSA) is 59.5 Å². The third-order valence-electron chi connectivity index (χ3n) is 5.12. The van der Waals surface area contributed by atoms with E-state index in [4.69, 9.17) is 4.74 Å². The minimum absolute atomic E-state index is 0.0438. The van der Waals surface area contributed by atoms with Crippen molar-refractivity contribution >= 4 is 11.7 Å². The van der Waals surface area contributed by atoms with Crippen LogP contribution in [0.2, 0.25) is 0 Å². The van der Waals surface area contributed by atoms with Crippen LogP contribution in [0.5, 0.6) is 0 Å². The van der Waals surface area contributed by atoms with Crippen molar-refractivity contribution in [1.29, 1.82) is 0 Å². The summed E-state index contributed by atoms with van der Waals surface area (Å²) in [4.78, 5) is 31.5. The van der Waals surface area contributed by atoms with Gasteiger partial charge in [0.05, 0.1) is 18.3 Å². The summed E-state index contributed by atoms with van der Waals surface area (Å²) in [5.41, 5.74) is 3.08. The largest absolute Gasteiger partial charge is 0.376 e. The monoisotopic (exact) mass is 350 g/mol. The van der Waals surface area contributed by atoms with Crippen molar-refractivity contribution in [3.63, 3.8) is 0 Å². The average molecular weight is 350 g/mol. The molecule has 0 radical (unpaired) electrons. The van der Waals surface area contributed by atoms with Crippen LogP contribution in [0.1, 0.15) is 51.2 Å². The Balaban J connectivity index is 1.62. The molecule has 26 heavy (non-hydrogen) atoms. The molecule has 1 saturated heterocycles. The van der Waals surface area contributed by atoms with E-state index in [9.17, 15) is 9.59 Å². The number of hydrogen-bond donors (Lipinski definition) is 0. The number of aromatic nitrogens is 1. The Labute approximate surface area is 153 Å². The molecule has 5 nitrogen and oxygen atoms in total. The predicted octanol–water partition coefficient (Wildman–Crippen LogP) is 3.03. The summed E-state index contributed by atoms with van der Waals surface area (Å²) in [6.45, 7) is 1.75. The van der Waals surface area contributed by atoms with Gasteiger partial charge >= 0.3 is 0 Å². The van der Waals surface area contributed by atoms with E-state index in [1.54, 1.807) is 12.3 Å². The van der Waals surface area contributed by atoms with Gasteiger partial charge in [0, 0.05) is 36.9 Å². The summed E-state index contributed by atoms with van der Waals surface area (Å²) in [5.74, 6) is 0.0859. The lowest BCUT2D eigenvalue weighted by molar-refractivity contribution is 0.0503. The number of amides is 1. The standard InChI is InChI=1S/C21H22N2O3/c24-20-10-9-17-18(20)7-3-8-19(17)21(25)23(14-16-6-4-12-26-16)13-15-5-1-2-11-22-15/h1-3,5,7-8,11,16H,4,6,9-10,12-14H2. The molecule has 0 N–H and O–H groups in total. The highest BCUT2D eigenvalue weighted by Crippen LogP contribution is 2.27. The first-order valence-corrected chi connectivity index (χ1v) is 9.18. The average Bonchev–Trinajstić information content (AvgIpc) is 3.31. The van der Waals surface area contributed by atoms with Gasteiger partial charge in [0.15, 0.2) is 5.78 Å². The van der Waals surface area contributed by atoms with E-state index in [1.807, 2.05) is 35.2 Å². The molecule has 1 aliphatic heterocycles. The van der Waals surface area contributed by atoms with Gasteiger partial charge in [-0.3, -0.25) is 14.6 Å². The number of fused-ring (bicyclic) bond motifs is 1. The number of pyridine rings is 1. The Morgan fingerprint density at radius 3 is 2.88 bits per heavy atom. The van der Waals surface area contributed by atoms with Crippen LogP contribution < -0.4 is 0 Å². The number of rotatable bonds is 5. The van der Waals surface area contributed by atoms with Gasteiger partial charge in [-0.05, 0) is 43.0 Å². The molecule has 1 unspecified atom stereocenters. The van der Waals surface area contributed by atoms with Crippen LogP contribution in [-0.2, 0) is 17.7 Å². The van der Waals surface area contributed by atoms with Crippen molar-refractivity contribution in [2.24, 2.45) is 0 Å². The van der Waals surface area contributed by atoms with Crippen LogP contribution in [0.3, 0.4) is 0 Å². The summed E-state index contributed by atoms with van der Waals surface area (Å²) < 4.78 is 5.75. The predicted molar refractivity (Wildman–Crippen MR) is 97.0 cm³/mol. The molecule has 2 heterocycles. The normalized spacial score (nSPS) is 18.8. The lowest BCUT2D eigenvalue weighted by atomic mass is 10.0. The fourth-order valence-electron chi connectivity index (χ4n) is 3.80. The number of hydrogen-bond acceptors (Lipinski definition) is 4. The number of carbonyl (C=O) groups is 2. The van der Waals surface area contributed by atoms with Crippen molar-refractivity contribution in [2.45, 2.75) is 38.3 Å². The van der Waals surface area contributed by atoms with Crippen molar-refractivity contribution in [2.75, 3.05) is 13.2 Å². The highest BCUT2D eigenvalue weighted by atomic mass is 16.5. The Hall–Kier alpha value is -2.53. The van der Waals surface area contributed by atoms with E-state index in [0.29, 0.717) is 37.1 Å². The molecule has 0 saturated carbocycles. The molecule has 1 amide bonds. The second-order valence-corrected chi connectivity index (χ2v) is 6.90.